The molecule has 0 aromatic carbocycles. The minimum atomic E-state index is -1.14. The molecule has 0 aromatic heterocycles. The second-order valence-corrected chi connectivity index (χ2v) is 12.1. The predicted octanol–water partition coefficient (Wildman–Crippen LogP) is 4.04. The van der Waals surface area contributed by atoms with Crippen molar-refractivity contribution in [3.63, 3.8) is 0 Å². The summed E-state index contributed by atoms with van der Waals surface area (Å²) in [6.07, 6.45) is 0. The molecule has 0 unspecified atom stereocenters. The number of rotatable bonds is 1. The fourth-order valence-corrected chi connectivity index (χ4v) is 8.34. The Kier molecular flexibility index (Phi) is 3.21. The van der Waals surface area contributed by atoms with Gasteiger partial charge in [0, 0.05) is 0 Å². The third-order valence-corrected chi connectivity index (χ3v) is 8.39. The van der Waals surface area contributed by atoms with E-state index in [9.17, 15) is 0 Å². The normalized spacial score (nSPS) is 22.1. The topological polar surface area (TPSA) is 0 Å². The van der Waals surface area contributed by atoms with Crippen molar-refractivity contribution in [2.75, 3.05) is 0 Å². The summed E-state index contributed by atoms with van der Waals surface area (Å²) in [5, 5.41) is 1.75. The van der Waals surface area contributed by atoms with Crippen molar-refractivity contribution in [2.24, 2.45) is 5.41 Å². The van der Waals surface area contributed by atoms with Crippen LogP contribution in [0.3, 0.4) is 0 Å². The van der Waals surface area contributed by atoms with Crippen LogP contribution in [0.1, 0.15) is 27.7 Å². The van der Waals surface area contributed by atoms with E-state index in [0.29, 0.717) is 5.41 Å². The van der Waals surface area contributed by atoms with Gasteiger partial charge in [0.2, 0.25) is 0 Å². The molecule has 77 valence electrons. The van der Waals surface area contributed by atoms with Gasteiger partial charge in [-0.25, -0.2) is 0 Å². The number of hydrogen-bond donors (Lipinski definition) is 0. The standard InChI is InChI=1S/C12H21Si.Zr/c1-9-10(2)12(3,4)8-11(9)13(5,6)7;/h1-7H3;. The molecule has 0 radical (unpaired) electrons. The van der Waals surface area contributed by atoms with Gasteiger partial charge in [-0.2, -0.15) is 0 Å². The van der Waals surface area contributed by atoms with Gasteiger partial charge in [-0.05, 0) is 0 Å². The van der Waals surface area contributed by atoms with Gasteiger partial charge in [-0.15, -0.1) is 0 Å². The zero-order valence-corrected chi connectivity index (χ0v) is 14.0. The van der Waals surface area contributed by atoms with E-state index in [1.807, 2.05) is 0 Å². The third kappa shape index (κ3) is 1.80. The van der Waals surface area contributed by atoms with Crippen molar-refractivity contribution in [3.05, 3.63) is 19.6 Å². The second-order valence-electron chi connectivity index (χ2n) is 5.88. The molecule has 0 bridgehead atoms. The van der Waals surface area contributed by atoms with Crippen molar-refractivity contribution < 1.29 is 24.7 Å². The quantitative estimate of drug-likeness (QED) is 0.638. The maximum atomic E-state index is 2.46. The summed E-state index contributed by atoms with van der Waals surface area (Å²) in [6, 6.07) is 0. The Morgan fingerprint density at radius 2 is 1.50 bits per heavy atom. The van der Waals surface area contributed by atoms with Crippen LogP contribution in [0.2, 0.25) is 19.6 Å². The monoisotopic (exact) mass is 283 g/mol. The summed E-state index contributed by atoms with van der Waals surface area (Å²) >= 11 is 1.61. The Hall–Kier alpha value is 0.580. The molecule has 0 N–H and O–H groups in total. The van der Waals surface area contributed by atoms with Gasteiger partial charge >= 0.3 is 105 Å². The van der Waals surface area contributed by atoms with Gasteiger partial charge in [-0.1, -0.05) is 0 Å². The van der Waals surface area contributed by atoms with E-state index in [-0.39, 0.29) is 0 Å². The van der Waals surface area contributed by atoms with E-state index in [1.165, 1.54) is 0 Å². The van der Waals surface area contributed by atoms with Crippen LogP contribution in [0, 0.1) is 5.41 Å². The summed E-state index contributed by atoms with van der Waals surface area (Å²) in [6.45, 7) is 16.8. The fraction of sp³-hybridized carbons (Fsp3) is 0.667. The first-order valence-corrected chi connectivity index (χ1v) is 9.98. The van der Waals surface area contributed by atoms with E-state index in [0.717, 1.165) is 0 Å². The second kappa shape index (κ2) is 3.56. The summed E-state index contributed by atoms with van der Waals surface area (Å²) in [5.74, 6) is 0. The molecule has 1 aliphatic carbocycles. The molecule has 1 rings (SSSR count). The molecule has 14 heavy (non-hydrogen) atoms. The molecule has 0 atom stereocenters. The van der Waals surface area contributed by atoms with Gasteiger partial charge in [0.15, 0.2) is 0 Å². The molecule has 0 aromatic rings. The van der Waals surface area contributed by atoms with Gasteiger partial charge < -0.3 is 0 Å². The molecule has 0 aliphatic heterocycles. The molecule has 0 amide bonds. The molecule has 0 heterocycles. The molecular weight excluding hydrogens is 263 g/mol. The van der Waals surface area contributed by atoms with Crippen LogP contribution in [0.4, 0.5) is 0 Å². The Balaban J connectivity index is 3.39. The maximum absolute atomic E-state index is 2.46. The van der Waals surface area contributed by atoms with Crippen molar-refractivity contribution in [2.45, 2.75) is 47.3 Å². The third-order valence-electron chi connectivity index (χ3n) is 3.50. The predicted molar refractivity (Wildman–Crippen MR) is 62.5 cm³/mol. The number of hydrogen-bond acceptors (Lipinski definition) is 0. The molecule has 0 spiro atoms. The van der Waals surface area contributed by atoms with Gasteiger partial charge in [0.25, 0.3) is 0 Å². The van der Waals surface area contributed by atoms with Crippen LogP contribution < -0.4 is 0 Å². The first-order chi connectivity index (χ1) is 6.10. The van der Waals surface area contributed by atoms with Crippen LogP contribution in [-0.2, 0) is 24.7 Å². The fourth-order valence-electron chi connectivity index (χ4n) is 2.28. The first-order valence-electron chi connectivity index (χ1n) is 5.25. The number of allylic oxidation sites excluding steroid dienone is 4. The van der Waals surface area contributed by atoms with Crippen molar-refractivity contribution in [1.82, 2.24) is 0 Å². The summed E-state index contributed by atoms with van der Waals surface area (Å²) in [5.41, 5.74) is 3.54. The Morgan fingerprint density at radius 1 is 1.07 bits per heavy atom. The van der Waals surface area contributed by atoms with Crippen molar-refractivity contribution in [3.8, 4) is 0 Å². The van der Waals surface area contributed by atoms with E-state index >= 15 is 0 Å². The average Bonchev–Trinajstić information content (AvgIpc) is 2.12. The Bertz CT molecular complexity index is 327. The zero-order chi connectivity index (χ0) is 11.3. The molecular formula is C12H21SiZr. The average molecular weight is 285 g/mol. The SMILES string of the molecule is CC1=C(C)C(C)(C)[C]([Zr])=C1[Si](C)(C)C. The molecule has 0 saturated carbocycles. The summed E-state index contributed by atoms with van der Waals surface area (Å²) in [7, 11) is -1.14. The summed E-state index contributed by atoms with van der Waals surface area (Å²) < 4.78 is 1.71. The van der Waals surface area contributed by atoms with Crippen LogP contribution in [0.25, 0.3) is 0 Å². The minimum absolute atomic E-state index is 0.345. The van der Waals surface area contributed by atoms with E-state index in [4.69, 9.17) is 0 Å². The van der Waals surface area contributed by atoms with Gasteiger partial charge in [0.1, 0.15) is 0 Å². The molecule has 0 fully saturated rings. The first kappa shape index (κ1) is 12.6. The van der Waals surface area contributed by atoms with Crippen LogP contribution in [0.5, 0.6) is 0 Å². The van der Waals surface area contributed by atoms with E-state index in [2.05, 4.69) is 47.3 Å². The Morgan fingerprint density at radius 3 is 1.64 bits per heavy atom. The molecule has 2 heteroatoms. The molecule has 1 aliphatic rings. The van der Waals surface area contributed by atoms with E-state index in [1.54, 1.807) is 44.3 Å². The molecule has 0 nitrogen and oxygen atoms in total. The van der Waals surface area contributed by atoms with E-state index < -0.39 is 8.07 Å². The van der Waals surface area contributed by atoms with Gasteiger partial charge in [-0.3, -0.25) is 0 Å². The van der Waals surface area contributed by atoms with Crippen LogP contribution in [-0.4, -0.2) is 8.07 Å². The zero-order valence-electron chi connectivity index (χ0n) is 10.5. The van der Waals surface area contributed by atoms with Gasteiger partial charge in [0.05, 0.1) is 0 Å². The van der Waals surface area contributed by atoms with Crippen molar-refractivity contribution >= 4 is 8.07 Å². The van der Waals surface area contributed by atoms with Crippen molar-refractivity contribution in [1.29, 1.82) is 0 Å². The summed E-state index contributed by atoms with van der Waals surface area (Å²) in [4.78, 5) is 0. The molecule has 0 saturated heterocycles. The van der Waals surface area contributed by atoms with Crippen LogP contribution >= 0.6 is 0 Å². The Labute approximate surface area is 105 Å². The van der Waals surface area contributed by atoms with Crippen LogP contribution in [0.15, 0.2) is 19.6 Å².